The number of rotatable bonds is 2. The molecule has 1 aromatic rings. The second-order valence-corrected chi connectivity index (χ2v) is 12.6. The average molecular weight is 421 g/mol. The van der Waals surface area contributed by atoms with Crippen molar-refractivity contribution in [3.8, 4) is 0 Å². The number of fused-ring (bicyclic) bond motifs is 1. The molecule has 0 radical (unpaired) electrons. The third-order valence-electron chi connectivity index (χ3n) is 6.09. The lowest BCUT2D eigenvalue weighted by atomic mass is 9.73. The molecule has 2 aliphatic rings. The molecule has 0 bridgehead atoms. The molecule has 2 atom stereocenters. The number of likely N-dealkylation sites (tertiary alicyclic amines) is 1. The zero-order valence-electron chi connectivity index (χ0n) is 18.9. The number of hydrogen-bond acceptors (Lipinski definition) is 4. The van der Waals surface area contributed by atoms with Gasteiger partial charge in [0.25, 0.3) is 0 Å². The highest BCUT2D eigenvalue weighted by atomic mass is 32.2. The molecular weight excluding hydrogens is 384 g/mol. The van der Waals surface area contributed by atoms with E-state index >= 15 is 0 Å². The van der Waals surface area contributed by atoms with Crippen LogP contribution in [0.1, 0.15) is 77.1 Å². The Morgan fingerprint density at radius 1 is 1.21 bits per heavy atom. The quantitative estimate of drug-likeness (QED) is 0.707. The van der Waals surface area contributed by atoms with E-state index < -0.39 is 17.0 Å². The van der Waals surface area contributed by atoms with Gasteiger partial charge < -0.3 is 14.2 Å². The number of nitrogens with one attached hydrogen (secondary N) is 1. The summed E-state index contributed by atoms with van der Waals surface area (Å²) in [4.78, 5) is 14.3. The summed E-state index contributed by atoms with van der Waals surface area (Å²) in [6, 6.07) is 6.47. The van der Waals surface area contributed by atoms with Crippen LogP contribution in [0.25, 0.3) is 0 Å². The number of benzene rings is 1. The van der Waals surface area contributed by atoms with E-state index in [-0.39, 0.29) is 22.3 Å². The van der Waals surface area contributed by atoms with Crippen LogP contribution in [0.4, 0.5) is 4.79 Å². The molecule has 0 unspecified atom stereocenters. The Balaban J connectivity index is 1.82. The second-order valence-electron chi connectivity index (χ2n) is 10.6. The van der Waals surface area contributed by atoms with Crippen molar-refractivity contribution in [2.75, 3.05) is 13.1 Å². The predicted molar refractivity (Wildman–Crippen MR) is 118 cm³/mol. The number of carbonyl (C=O) groups is 1. The van der Waals surface area contributed by atoms with Crippen LogP contribution in [0, 0.1) is 12.3 Å². The van der Waals surface area contributed by atoms with Gasteiger partial charge >= 0.3 is 6.09 Å². The number of hydrogen-bond donors (Lipinski definition) is 1. The lowest BCUT2D eigenvalue weighted by molar-refractivity contribution is 0.00715. The highest BCUT2D eigenvalue weighted by Crippen LogP contribution is 2.53. The van der Waals surface area contributed by atoms with E-state index in [2.05, 4.69) is 29.8 Å². The standard InChI is InChI=1S/C23H36N2O3S/c1-16-9-8-10-17-18(16)15-23(19(17)24-29(27)22(5,6)7)11-13-25(14-12-23)20(26)28-21(2,3)4/h8-10,19,24H,11-15H2,1-7H3/t19-,29-/m1/s1. The first-order chi connectivity index (χ1) is 13.3. The van der Waals surface area contributed by atoms with Crippen LogP contribution in [-0.4, -0.2) is 39.0 Å². The van der Waals surface area contributed by atoms with Crippen molar-refractivity contribution in [3.05, 3.63) is 34.9 Å². The van der Waals surface area contributed by atoms with Crippen molar-refractivity contribution in [3.63, 3.8) is 0 Å². The molecule has 6 heteroatoms. The topological polar surface area (TPSA) is 64.6 Å². The lowest BCUT2D eigenvalue weighted by Crippen LogP contribution is -2.51. The third kappa shape index (κ3) is 4.75. The Morgan fingerprint density at radius 3 is 2.38 bits per heavy atom. The summed E-state index contributed by atoms with van der Waals surface area (Å²) in [5.41, 5.74) is 3.44. The molecule has 1 amide bonds. The summed E-state index contributed by atoms with van der Waals surface area (Å²) in [5, 5.41) is 0. The minimum atomic E-state index is -1.15. The maximum absolute atomic E-state index is 13.0. The normalized spacial score (nSPS) is 22.5. The average Bonchev–Trinajstić information content (AvgIpc) is 2.88. The summed E-state index contributed by atoms with van der Waals surface area (Å²) in [6.45, 7) is 15.2. The van der Waals surface area contributed by atoms with Gasteiger partial charge in [-0.1, -0.05) is 18.2 Å². The zero-order valence-corrected chi connectivity index (χ0v) is 19.7. The van der Waals surface area contributed by atoms with Crippen LogP contribution in [0.3, 0.4) is 0 Å². The minimum Gasteiger partial charge on any atom is -0.598 e. The van der Waals surface area contributed by atoms with Gasteiger partial charge in [0, 0.05) is 29.9 Å². The molecule has 1 saturated heterocycles. The van der Waals surface area contributed by atoms with Crippen molar-refractivity contribution < 1.29 is 14.1 Å². The molecule has 1 heterocycles. The molecule has 29 heavy (non-hydrogen) atoms. The van der Waals surface area contributed by atoms with E-state index in [4.69, 9.17) is 4.74 Å². The molecule has 1 aromatic carbocycles. The fraction of sp³-hybridized carbons (Fsp3) is 0.696. The molecular formula is C23H36N2O3S. The fourth-order valence-electron chi connectivity index (χ4n) is 4.42. The maximum Gasteiger partial charge on any atom is 0.410 e. The van der Waals surface area contributed by atoms with Crippen LogP contribution in [0.2, 0.25) is 0 Å². The Bertz CT molecular complexity index is 758. The number of ether oxygens (including phenoxy) is 1. The Kier molecular flexibility index (Phi) is 6.03. The predicted octanol–water partition coefficient (Wildman–Crippen LogP) is 4.66. The van der Waals surface area contributed by atoms with Gasteiger partial charge in [-0.25, -0.2) is 4.79 Å². The largest absolute Gasteiger partial charge is 0.598 e. The van der Waals surface area contributed by atoms with E-state index in [1.807, 2.05) is 46.4 Å². The van der Waals surface area contributed by atoms with Gasteiger partial charge in [-0.3, -0.25) is 0 Å². The lowest BCUT2D eigenvalue weighted by Gasteiger charge is -2.43. The van der Waals surface area contributed by atoms with E-state index in [0.29, 0.717) is 13.1 Å². The van der Waals surface area contributed by atoms with Crippen LogP contribution >= 0.6 is 0 Å². The van der Waals surface area contributed by atoms with Crippen LogP contribution in [0.15, 0.2) is 18.2 Å². The summed E-state index contributed by atoms with van der Waals surface area (Å²) in [6.07, 6.45) is 2.48. The van der Waals surface area contributed by atoms with E-state index in [0.717, 1.165) is 19.3 Å². The number of piperidine rings is 1. The van der Waals surface area contributed by atoms with Gasteiger partial charge in [-0.15, -0.1) is 4.72 Å². The maximum atomic E-state index is 13.0. The molecule has 5 nitrogen and oxygen atoms in total. The SMILES string of the molecule is Cc1cccc2c1CC1(CCN(C(=O)OC(C)(C)C)CC1)[C@@H]2N[S@+]([O-])C(C)(C)C. The number of amides is 1. The van der Waals surface area contributed by atoms with Crippen molar-refractivity contribution in [2.45, 2.75) is 84.1 Å². The van der Waals surface area contributed by atoms with E-state index in [1.165, 1.54) is 16.7 Å². The molecule has 1 aliphatic heterocycles. The van der Waals surface area contributed by atoms with Crippen molar-refractivity contribution >= 4 is 17.5 Å². The van der Waals surface area contributed by atoms with Gasteiger partial charge in [0.15, 0.2) is 0 Å². The third-order valence-corrected chi connectivity index (χ3v) is 7.65. The van der Waals surface area contributed by atoms with Crippen LogP contribution < -0.4 is 4.72 Å². The Labute approximate surface area is 178 Å². The minimum absolute atomic E-state index is 0.0200. The first kappa shape index (κ1) is 22.4. The zero-order chi connectivity index (χ0) is 21.6. The molecule has 0 saturated carbocycles. The number of aryl methyl sites for hydroxylation is 1. The molecule has 1 N–H and O–H groups in total. The van der Waals surface area contributed by atoms with E-state index in [1.54, 1.807) is 0 Å². The molecule has 1 aliphatic carbocycles. The fourth-order valence-corrected chi connectivity index (χ4v) is 5.36. The van der Waals surface area contributed by atoms with Gasteiger partial charge in [-0.05, 0) is 84.4 Å². The van der Waals surface area contributed by atoms with Crippen molar-refractivity contribution in [2.24, 2.45) is 5.41 Å². The van der Waals surface area contributed by atoms with Gasteiger partial charge in [-0.2, -0.15) is 0 Å². The van der Waals surface area contributed by atoms with Gasteiger partial charge in [0.1, 0.15) is 10.3 Å². The number of nitrogens with zero attached hydrogens (tertiary/aromatic N) is 1. The van der Waals surface area contributed by atoms with Crippen molar-refractivity contribution in [1.29, 1.82) is 0 Å². The summed E-state index contributed by atoms with van der Waals surface area (Å²) < 4.78 is 21.7. The Morgan fingerprint density at radius 2 is 1.83 bits per heavy atom. The highest BCUT2D eigenvalue weighted by Gasteiger charge is 2.51. The summed E-state index contributed by atoms with van der Waals surface area (Å²) >= 11 is -1.15. The first-order valence-corrected chi connectivity index (χ1v) is 11.7. The van der Waals surface area contributed by atoms with Gasteiger partial charge in [0.2, 0.25) is 0 Å². The van der Waals surface area contributed by atoms with Crippen LogP contribution in [-0.2, 0) is 22.5 Å². The van der Waals surface area contributed by atoms with Crippen molar-refractivity contribution in [1.82, 2.24) is 9.62 Å². The monoisotopic (exact) mass is 420 g/mol. The molecule has 162 valence electrons. The molecule has 1 spiro atoms. The molecule has 1 fully saturated rings. The highest BCUT2D eigenvalue weighted by molar-refractivity contribution is 7.90. The summed E-state index contributed by atoms with van der Waals surface area (Å²) in [5.74, 6) is 0. The molecule has 3 rings (SSSR count). The summed E-state index contributed by atoms with van der Waals surface area (Å²) in [7, 11) is 0. The first-order valence-electron chi connectivity index (χ1n) is 10.6. The smallest absolute Gasteiger partial charge is 0.410 e. The molecule has 0 aromatic heterocycles. The van der Waals surface area contributed by atoms with E-state index in [9.17, 15) is 9.35 Å². The van der Waals surface area contributed by atoms with Crippen LogP contribution in [0.5, 0.6) is 0 Å². The Hall–Kier alpha value is -1.24. The second kappa shape index (κ2) is 7.78. The number of carbonyl (C=O) groups excluding carboxylic acids is 1. The van der Waals surface area contributed by atoms with Gasteiger partial charge in [0.05, 0.1) is 6.04 Å².